The summed E-state index contributed by atoms with van der Waals surface area (Å²) in [6, 6.07) is 8.06. The number of aromatic nitrogens is 3. The van der Waals surface area contributed by atoms with Gasteiger partial charge in [0.25, 0.3) is 0 Å². The highest BCUT2D eigenvalue weighted by Crippen LogP contribution is 2.39. The van der Waals surface area contributed by atoms with E-state index in [-0.39, 0.29) is 11.8 Å². The lowest BCUT2D eigenvalue weighted by Crippen LogP contribution is -2.30. The average Bonchev–Trinajstić information content (AvgIpc) is 3.04. The Hall–Kier alpha value is -2.28. The Labute approximate surface area is 149 Å². The van der Waals surface area contributed by atoms with Crippen LogP contribution in [0.1, 0.15) is 48.5 Å². The van der Waals surface area contributed by atoms with Crippen molar-refractivity contribution in [3.8, 4) is 0 Å². The first-order chi connectivity index (χ1) is 12.3. The smallest absolute Gasteiger partial charge is 0.231 e. The van der Waals surface area contributed by atoms with Gasteiger partial charge in [0.05, 0.1) is 22.7 Å². The number of hydrogen-bond acceptors (Lipinski definition) is 6. The molecule has 1 saturated heterocycles. The Bertz CT molecular complexity index is 930. The summed E-state index contributed by atoms with van der Waals surface area (Å²) < 4.78 is 11.0. The van der Waals surface area contributed by atoms with Crippen molar-refractivity contribution in [1.82, 2.24) is 19.4 Å². The van der Waals surface area contributed by atoms with E-state index in [1.54, 1.807) is 0 Å². The highest BCUT2D eigenvalue weighted by Gasteiger charge is 2.34. The number of likely N-dealkylation sites (tertiary alicyclic amines) is 1. The maximum absolute atomic E-state index is 12.7. The predicted octanol–water partition coefficient (Wildman–Crippen LogP) is 3.12. The van der Waals surface area contributed by atoms with Crippen molar-refractivity contribution in [3.05, 3.63) is 41.7 Å². The van der Waals surface area contributed by atoms with Gasteiger partial charge in [0.1, 0.15) is 0 Å². The summed E-state index contributed by atoms with van der Waals surface area (Å²) in [5.74, 6) is 2.32. The minimum absolute atomic E-state index is 0.125. The summed E-state index contributed by atoms with van der Waals surface area (Å²) in [6.07, 6.45) is 3.56. The molecule has 0 spiro atoms. The molecule has 2 aliphatic rings. The first kappa shape index (κ1) is 15.0. The molecule has 1 aromatic carbocycles. The van der Waals surface area contributed by atoms with Crippen molar-refractivity contribution < 1.29 is 9.32 Å². The minimum atomic E-state index is 0.125. The third kappa shape index (κ3) is 2.82. The number of benzene rings is 1. The summed E-state index contributed by atoms with van der Waals surface area (Å²) in [7, 11) is 0. The molecule has 2 fully saturated rings. The fourth-order valence-electron chi connectivity index (χ4n) is 3.43. The van der Waals surface area contributed by atoms with Crippen LogP contribution in [-0.2, 0) is 11.2 Å². The van der Waals surface area contributed by atoms with Gasteiger partial charge in [-0.05, 0) is 36.9 Å². The monoisotopic (exact) mass is 354 g/mol. The van der Waals surface area contributed by atoms with Gasteiger partial charge in [-0.15, -0.1) is 0 Å². The number of carbonyl (C=O) groups is 1. The van der Waals surface area contributed by atoms with E-state index in [9.17, 15) is 4.79 Å². The van der Waals surface area contributed by atoms with Gasteiger partial charge in [-0.1, -0.05) is 23.4 Å². The van der Waals surface area contributed by atoms with Gasteiger partial charge in [0.2, 0.25) is 11.8 Å². The fourth-order valence-corrected chi connectivity index (χ4v) is 4.22. The normalized spacial score (nSPS) is 20.5. The largest absolute Gasteiger partial charge is 0.342 e. The summed E-state index contributed by atoms with van der Waals surface area (Å²) >= 11 is 1.45. The third-order valence-corrected chi connectivity index (χ3v) is 5.93. The molecular formula is C18H18N4O2S. The summed E-state index contributed by atoms with van der Waals surface area (Å²) in [5.41, 5.74) is 0.878. The number of amides is 1. The van der Waals surface area contributed by atoms with Crippen LogP contribution >= 0.6 is 11.5 Å². The maximum atomic E-state index is 12.7. The second-order valence-corrected chi connectivity index (χ2v) is 7.70. The Kier molecular flexibility index (Phi) is 3.55. The van der Waals surface area contributed by atoms with E-state index >= 15 is 0 Å². The molecular weight excluding hydrogens is 336 g/mol. The standard InChI is InChI=1S/C18H18N4O2S/c23-16(9-14-13-3-1-2-4-15(13)25-21-14)22-8-7-12(10-22)18-19-17(20-24-18)11-5-6-11/h1-4,11-12H,5-10H2. The van der Waals surface area contributed by atoms with Crippen molar-refractivity contribution in [2.45, 2.75) is 37.5 Å². The van der Waals surface area contributed by atoms with Gasteiger partial charge >= 0.3 is 0 Å². The molecule has 5 rings (SSSR count). The van der Waals surface area contributed by atoms with E-state index in [4.69, 9.17) is 4.52 Å². The molecule has 1 unspecified atom stereocenters. The summed E-state index contributed by atoms with van der Waals surface area (Å²) in [5, 5.41) is 5.18. The maximum Gasteiger partial charge on any atom is 0.231 e. The number of carbonyl (C=O) groups excluding carboxylic acids is 1. The van der Waals surface area contributed by atoms with Crippen LogP contribution in [-0.4, -0.2) is 38.4 Å². The fraction of sp³-hybridized carbons (Fsp3) is 0.444. The lowest BCUT2D eigenvalue weighted by Gasteiger charge is -2.15. The molecule has 1 aliphatic carbocycles. The second-order valence-electron chi connectivity index (χ2n) is 6.89. The number of rotatable bonds is 4. The Balaban J connectivity index is 1.26. The second kappa shape index (κ2) is 5.91. The highest BCUT2D eigenvalue weighted by molar-refractivity contribution is 7.13. The first-order valence-electron chi connectivity index (χ1n) is 8.72. The predicted molar refractivity (Wildman–Crippen MR) is 93.5 cm³/mol. The van der Waals surface area contributed by atoms with Crippen LogP contribution in [0.15, 0.2) is 28.8 Å². The topological polar surface area (TPSA) is 72.1 Å². The van der Waals surface area contributed by atoms with Crippen LogP contribution in [0.2, 0.25) is 0 Å². The summed E-state index contributed by atoms with van der Waals surface area (Å²) in [6.45, 7) is 1.40. The van der Waals surface area contributed by atoms with Crippen LogP contribution in [0.25, 0.3) is 10.1 Å². The summed E-state index contributed by atoms with van der Waals surface area (Å²) in [4.78, 5) is 19.1. The van der Waals surface area contributed by atoms with Gasteiger partial charge in [0, 0.05) is 24.4 Å². The molecule has 3 heterocycles. The van der Waals surface area contributed by atoms with E-state index in [2.05, 4.69) is 14.5 Å². The van der Waals surface area contributed by atoms with Gasteiger partial charge in [-0.2, -0.15) is 9.36 Å². The first-order valence-corrected chi connectivity index (χ1v) is 9.50. The van der Waals surface area contributed by atoms with Crippen molar-refractivity contribution in [3.63, 3.8) is 0 Å². The third-order valence-electron chi connectivity index (χ3n) is 5.06. The van der Waals surface area contributed by atoms with E-state index in [0.717, 1.165) is 47.4 Å². The van der Waals surface area contributed by atoms with Crippen LogP contribution in [0.4, 0.5) is 0 Å². The molecule has 25 heavy (non-hydrogen) atoms. The van der Waals surface area contributed by atoms with Gasteiger partial charge < -0.3 is 9.42 Å². The molecule has 1 saturated carbocycles. The Morgan fingerprint density at radius 3 is 3.00 bits per heavy atom. The molecule has 3 aromatic rings. The van der Waals surface area contributed by atoms with E-state index < -0.39 is 0 Å². The number of hydrogen-bond donors (Lipinski definition) is 0. The Morgan fingerprint density at radius 1 is 1.24 bits per heavy atom. The van der Waals surface area contributed by atoms with Crippen molar-refractivity contribution in [2.24, 2.45) is 0 Å². The van der Waals surface area contributed by atoms with Crippen molar-refractivity contribution in [2.75, 3.05) is 13.1 Å². The average molecular weight is 354 g/mol. The zero-order valence-corrected chi connectivity index (χ0v) is 14.5. The van der Waals surface area contributed by atoms with Crippen LogP contribution < -0.4 is 0 Å². The van der Waals surface area contributed by atoms with Crippen molar-refractivity contribution >= 4 is 27.5 Å². The molecule has 1 atom stereocenters. The zero-order chi connectivity index (χ0) is 16.8. The lowest BCUT2D eigenvalue weighted by molar-refractivity contribution is -0.129. The molecule has 6 nitrogen and oxygen atoms in total. The SMILES string of the molecule is O=C(Cc1nsc2ccccc12)N1CCC(c2nc(C3CC3)no2)C1. The Morgan fingerprint density at radius 2 is 2.12 bits per heavy atom. The van der Waals surface area contributed by atoms with Gasteiger partial charge in [0.15, 0.2) is 5.82 Å². The van der Waals surface area contributed by atoms with Gasteiger partial charge in [-0.3, -0.25) is 4.79 Å². The lowest BCUT2D eigenvalue weighted by atomic mass is 10.1. The minimum Gasteiger partial charge on any atom is -0.342 e. The zero-order valence-electron chi connectivity index (χ0n) is 13.7. The highest BCUT2D eigenvalue weighted by atomic mass is 32.1. The molecule has 1 aliphatic heterocycles. The molecule has 2 aromatic heterocycles. The molecule has 0 radical (unpaired) electrons. The molecule has 0 N–H and O–H groups in total. The van der Waals surface area contributed by atoms with E-state index in [1.807, 2.05) is 29.2 Å². The van der Waals surface area contributed by atoms with Crippen molar-refractivity contribution in [1.29, 1.82) is 0 Å². The van der Waals surface area contributed by atoms with E-state index in [0.29, 0.717) is 24.8 Å². The van der Waals surface area contributed by atoms with Gasteiger partial charge in [-0.25, -0.2) is 0 Å². The molecule has 7 heteroatoms. The molecule has 1 amide bonds. The quantitative estimate of drug-likeness (QED) is 0.720. The van der Waals surface area contributed by atoms with Crippen LogP contribution in [0.5, 0.6) is 0 Å². The number of fused-ring (bicyclic) bond motifs is 1. The van der Waals surface area contributed by atoms with Crippen LogP contribution in [0.3, 0.4) is 0 Å². The number of nitrogens with zero attached hydrogens (tertiary/aromatic N) is 4. The van der Waals surface area contributed by atoms with E-state index in [1.165, 1.54) is 11.5 Å². The molecule has 0 bridgehead atoms. The molecule has 128 valence electrons. The van der Waals surface area contributed by atoms with Crippen LogP contribution in [0, 0.1) is 0 Å².